The van der Waals surface area contributed by atoms with Gasteiger partial charge in [-0.05, 0) is 18.6 Å². The van der Waals surface area contributed by atoms with E-state index in [1.165, 1.54) is 13.0 Å². The topological polar surface area (TPSA) is 95.3 Å². The second kappa shape index (κ2) is 6.53. The van der Waals surface area contributed by atoms with E-state index in [1.807, 2.05) is 0 Å². The summed E-state index contributed by atoms with van der Waals surface area (Å²) in [6, 6.07) is 1.92. The molecule has 0 aliphatic heterocycles. The van der Waals surface area contributed by atoms with Gasteiger partial charge in [-0.15, -0.1) is 0 Å². The quantitative estimate of drug-likeness (QED) is 0.354. The van der Waals surface area contributed by atoms with Crippen molar-refractivity contribution >= 4 is 17.3 Å². The molecular formula is C9H8FN2NaO4. The zero-order valence-electron chi connectivity index (χ0n) is 9.32. The van der Waals surface area contributed by atoms with Crippen LogP contribution in [0.2, 0.25) is 0 Å². The van der Waals surface area contributed by atoms with Crippen molar-refractivity contribution < 1.29 is 48.8 Å². The van der Waals surface area contributed by atoms with Gasteiger partial charge in [0, 0.05) is 0 Å². The maximum Gasteiger partial charge on any atom is 1.00 e. The van der Waals surface area contributed by atoms with E-state index in [9.17, 15) is 24.4 Å². The average Bonchev–Trinajstić information content (AvgIpc) is 2.18. The van der Waals surface area contributed by atoms with Gasteiger partial charge >= 0.3 is 29.6 Å². The van der Waals surface area contributed by atoms with Crippen molar-refractivity contribution in [3.8, 4) is 0 Å². The van der Waals surface area contributed by atoms with Crippen molar-refractivity contribution in [2.24, 2.45) is 0 Å². The van der Waals surface area contributed by atoms with E-state index in [0.717, 1.165) is 6.07 Å². The number of carboxylic acids is 1. The van der Waals surface area contributed by atoms with E-state index in [2.05, 4.69) is 5.32 Å². The molecule has 0 amide bonds. The first-order valence-corrected chi connectivity index (χ1v) is 4.30. The number of anilines is 1. The Kier molecular flexibility index (Phi) is 6.08. The predicted molar refractivity (Wildman–Crippen MR) is 51.3 cm³/mol. The fraction of sp³-hybridized carbons (Fsp3) is 0.222. The standard InChI is InChI=1S/C9H9FN2O4.Na/c1-5-2-7(11-4-9(13)14)8(12(15)16)3-6(5)10;/h2-3,11H,4H2,1H3,(H,13,14);/q;+1/p-1. The summed E-state index contributed by atoms with van der Waals surface area (Å²) in [5, 5.41) is 23.0. The molecule has 0 atom stereocenters. The summed E-state index contributed by atoms with van der Waals surface area (Å²) in [5.41, 5.74) is -0.371. The van der Waals surface area contributed by atoms with Crippen molar-refractivity contribution in [1.82, 2.24) is 0 Å². The molecule has 0 radical (unpaired) electrons. The second-order valence-electron chi connectivity index (χ2n) is 3.10. The number of hydrogen-bond donors (Lipinski definition) is 1. The van der Waals surface area contributed by atoms with Crippen LogP contribution in [0.5, 0.6) is 0 Å². The molecule has 0 heterocycles. The second-order valence-corrected chi connectivity index (χ2v) is 3.10. The fourth-order valence-corrected chi connectivity index (χ4v) is 1.13. The van der Waals surface area contributed by atoms with Crippen LogP contribution in [0.3, 0.4) is 0 Å². The van der Waals surface area contributed by atoms with Crippen LogP contribution in [0.4, 0.5) is 15.8 Å². The van der Waals surface area contributed by atoms with Gasteiger partial charge in [0.25, 0.3) is 5.69 Å². The van der Waals surface area contributed by atoms with Gasteiger partial charge in [-0.2, -0.15) is 0 Å². The smallest absolute Gasteiger partial charge is 0.548 e. The number of nitro benzene ring substituents is 1. The molecule has 0 fully saturated rings. The molecule has 0 aliphatic rings. The van der Waals surface area contributed by atoms with Crippen LogP contribution in [-0.4, -0.2) is 17.4 Å². The van der Waals surface area contributed by atoms with Gasteiger partial charge in [-0.1, -0.05) is 0 Å². The number of aryl methyl sites for hydroxylation is 1. The summed E-state index contributed by atoms with van der Waals surface area (Å²) in [7, 11) is 0. The number of nitrogens with zero attached hydrogens (tertiary/aromatic N) is 1. The Morgan fingerprint density at radius 1 is 1.53 bits per heavy atom. The number of carbonyl (C=O) groups excluding carboxylic acids is 1. The van der Waals surface area contributed by atoms with E-state index in [1.54, 1.807) is 0 Å². The van der Waals surface area contributed by atoms with Crippen molar-refractivity contribution in [3.05, 3.63) is 33.6 Å². The zero-order chi connectivity index (χ0) is 12.3. The maximum absolute atomic E-state index is 13.1. The Morgan fingerprint density at radius 3 is 2.59 bits per heavy atom. The molecule has 0 spiro atoms. The Labute approximate surface area is 118 Å². The number of aliphatic carboxylic acids is 1. The first kappa shape index (κ1) is 15.8. The van der Waals surface area contributed by atoms with E-state index in [4.69, 9.17) is 0 Å². The maximum atomic E-state index is 13.1. The van der Waals surface area contributed by atoms with Gasteiger partial charge in [0.05, 0.1) is 23.5 Å². The van der Waals surface area contributed by atoms with Gasteiger partial charge in [-0.3, -0.25) is 10.1 Å². The monoisotopic (exact) mass is 250 g/mol. The third-order valence-corrected chi connectivity index (χ3v) is 1.90. The summed E-state index contributed by atoms with van der Waals surface area (Å²) in [4.78, 5) is 20.0. The molecule has 86 valence electrons. The van der Waals surface area contributed by atoms with Crippen molar-refractivity contribution in [1.29, 1.82) is 0 Å². The Bertz CT molecular complexity index is 453. The number of carboxylic acid groups (broad SMARTS) is 1. The summed E-state index contributed by atoms with van der Waals surface area (Å²) in [5.74, 6) is -2.12. The number of carbonyl (C=O) groups is 1. The Balaban J connectivity index is 0.00000256. The largest absolute Gasteiger partial charge is 1.00 e. The molecule has 1 rings (SSSR count). The van der Waals surface area contributed by atoms with E-state index >= 15 is 0 Å². The van der Waals surface area contributed by atoms with Crippen LogP contribution in [0.1, 0.15) is 5.56 Å². The molecule has 0 unspecified atom stereocenters. The average molecular weight is 250 g/mol. The predicted octanol–water partition coefficient (Wildman–Crippen LogP) is -2.79. The van der Waals surface area contributed by atoms with Crippen LogP contribution in [0, 0.1) is 22.9 Å². The van der Waals surface area contributed by atoms with Gasteiger partial charge in [0.1, 0.15) is 11.5 Å². The third-order valence-electron chi connectivity index (χ3n) is 1.90. The summed E-state index contributed by atoms with van der Waals surface area (Å²) < 4.78 is 13.1. The molecule has 0 aromatic heterocycles. The van der Waals surface area contributed by atoms with Crippen LogP contribution in [0.25, 0.3) is 0 Å². The van der Waals surface area contributed by atoms with Gasteiger partial charge in [0.15, 0.2) is 0 Å². The molecule has 6 nitrogen and oxygen atoms in total. The number of halogens is 1. The number of rotatable bonds is 4. The van der Waals surface area contributed by atoms with Gasteiger partial charge in [-0.25, -0.2) is 4.39 Å². The molecule has 0 aliphatic carbocycles. The third kappa shape index (κ3) is 4.29. The van der Waals surface area contributed by atoms with E-state index in [0.29, 0.717) is 0 Å². The first-order valence-electron chi connectivity index (χ1n) is 4.30. The molecule has 8 heteroatoms. The molecule has 1 N–H and O–H groups in total. The minimum atomic E-state index is -1.41. The van der Waals surface area contributed by atoms with Crippen molar-refractivity contribution in [2.75, 3.05) is 11.9 Å². The minimum absolute atomic E-state index is 0. The van der Waals surface area contributed by atoms with Crippen LogP contribution < -0.4 is 40.0 Å². The minimum Gasteiger partial charge on any atom is -0.548 e. The van der Waals surface area contributed by atoms with Crippen LogP contribution >= 0.6 is 0 Å². The molecule has 1 aromatic carbocycles. The molecule has 1 aromatic rings. The van der Waals surface area contributed by atoms with Crippen molar-refractivity contribution in [2.45, 2.75) is 6.92 Å². The number of nitrogens with one attached hydrogen (secondary N) is 1. The van der Waals surface area contributed by atoms with Crippen LogP contribution in [0.15, 0.2) is 12.1 Å². The van der Waals surface area contributed by atoms with Crippen molar-refractivity contribution in [3.63, 3.8) is 0 Å². The SMILES string of the molecule is Cc1cc(NCC(=O)[O-])c([N+](=O)[O-])cc1F.[Na+]. The number of benzene rings is 1. The summed E-state index contributed by atoms with van der Waals surface area (Å²) in [6.45, 7) is 0.842. The van der Waals surface area contributed by atoms with E-state index in [-0.39, 0.29) is 40.8 Å². The number of hydrogen-bond acceptors (Lipinski definition) is 5. The molecular weight excluding hydrogens is 242 g/mol. The molecule has 17 heavy (non-hydrogen) atoms. The fourth-order valence-electron chi connectivity index (χ4n) is 1.13. The van der Waals surface area contributed by atoms with Gasteiger partial charge in [0.2, 0.25) is 0 Å². The summed E-state index contributed by atoms with van der Waals surface area (Å²) >= 11 is 0. The molecule has 0 saturated heterocycles. The normalized spacial score (nSPS) is 9.29. The molecule has 0 bridgehead atoms. The number of nitro groups is 1. The Hall–Kier alpha value is -1.18. The van der Waals surface area contributed by atoms with Crippen LogP contribution in [-0.2, 0) is 4.79 Å². The van der Waals surface area contributed by atoms with Gasteiger partial charge < -0.3 is 15.2 Å². The first-order chi connectivity index (χ1) is 7.41. The van der Waals surface area contributed by atoms with E-state index < -0.39 is 28.9 Å². The zero-order valence-corrected chi connectivity index (χ0v) is 11.3. The summed E-state index contributed by atoms with van der Waals surface area (Å²) in [6.07, 6.45) is 0. The Morgan fingerprint density at radius 2 is 2.12 bits per heavy atom. The molecule has 0 saturated carbocycles.